The zero-order chi connectivity index (χ0) is 18.8. The van der Waals surface area contributed by atoms with Crippen molar-refractivity contribution in [3.8, 4) is 0 Å². The van der Waals surface area contributed by atoms with E-state index in [0.717, 1.165) is 16.5 Å². The van der Waals surface area contributed by atoms with Gasteiger partial charge in [0.05, 0.1) is 11.6 Å². The SMILES string of the molecule is Cc1cncc(C(=O)NC2CC(=O)N(Cc3cccc4ccccc34)C2)c1. The quantitative estimate of drug-likeness (QED) is 0.779. The fourth-order valence-corrected chi connectivity index (χ4v) is 3.61. The number of benzene rings is 2. The number of carbonyl (C=O) groups is 2. The van der Waals surface area contributed by atoms with Crippen LogP contribution in [-0.2, 0) is 11.3 Å². The van der Waals surface area contributed by atoms with Crippen molar-refractivity contribution in [2.75, 3.05) is 6.54 Å². The summed E-state index contributed by atoms with van der Waals surface area (Å²) < 4.78 is 0. The van der Waals surface area contributed by atoms with Gasteiger partial charge in [-0.3, -0.25) is 14.6 Å². The fraction of sp³-hybridized carbons (Fsp3) is 0.227. The Morgan fingerprint density at radius 3 is 2.85 bits per heavy atom. The molecule has 5 heteroatoms. The lowest BCUT2D eigenvalue weighted by molar-refractivity contribution is -0.128. The predicted molar refractivity (Wildman–Crippen MR) is 104 cm³/mol. The predicted octanol–water partition coefficient (Wildman–Crippen LogP) is 3.07. The summed E-state index contributed by atoms with van der Waals surface area (Å²) in [6, 6.07) is 15.9. The molecule has 27 heavy (non-hydrogen) atoms. The molecule has 0 saturated carbocycles. The Morgan fingerprint density at radius 2 is 2.00 bits per heavy atom. The Balaban J connectivity index is 1.45. The van der Waals surface area contributed by atoms with E-state index in [1.165, 1.54) is 5.39 Å². The Hall–Kier alpha value is -3.21. The summed E-state index contributed by atoms with van der Waals surface area (Å²) in [6.45, 7) is 2.97. The summed E-state index contributed by atoms with van der Waals surface area (Å²) in [5.41, 5.74) is 2.58. The molecule has 0 radical (unpaired) electrons. The minimum Gasteiger partial charge on any atom is -0.347 e. The number of amides is 2. The largest absolute Gasteiger partial charge is 0.347 e. The van der Waals surface area contributed by atoms with Gasteiger partial charge in [0.25, 0.3) is 5.91 Å². The van der Waals surface area contributed by atoms with Gasteiger partial charge in [0.2, 0.25) is 5.91 Å². The minimum absolute atomic E-state index is 0.0654. The smallest absolute Gasteiger partial charge is 0.253 e. The lowest BCUT2D eigenvalue weighted by atomic mass is 10.0. The second-order valence-electron chi connectivity index (χ2n) is 7.04. The molecule has 0 bridgehead atoms. The highest BCUT2D eigenvalue weighted by atomic mass is 16.2. The molecule has 1 saturated heterocycles. The zero-order valence-corrected chi connectivity index (χ0v) is 15.2. The number of aryl methyl sites for hydroxylation is 1. The van der Waals surface area contributed by atoms with Gasteiger partial charge in [-0.15, -0.1) is 0 Å². The molecule has 2 amide bonds. The van der Waals surface area contributed by atoms with Crippen molar-refractivity contribution in [1.82, 2.24) is 15.2 Å². The number of likely N-dealkylation sites (tertiary alicyclic amines) is 1. The van der Waals surface area contributed by atoms with Gasteiger partial charge < -0.3 is 10.2 Å². The molecule has 0 aliphatic carbocycles. The molecular formula is C22H21N3O2. The first-order valence-electron chi connectivity index (χ1n) is 9.07. The Morgan fingerprint density at radius 1 is 1.19 bits per heavy atom. The Labute approximate surface area is 158 Å². The van der Waals surface area contributed by atoms with Crippen LogP contribution in [0, 0.1) is 6.92 Å². The van der Waals surface area contributed by atoms with Crippen LogP contribution in [0.25, 0.3) is 10.8 Å². The molecular weight excluding hydrogens is 338 g/mol. The lowest BCUT2D eigenvalue weighted by Gasteiger charge is -2.18. The molecule has 1 aliphatic rings. The second-order valence-corrected chi connectivity index (χ2v) is 7.04. The van der Waals surface area contributed by atoms with E-state index in [4.69, 9.17) is 0 Å². The maximum atomic E-state index is 12.5. The average Bonchev–Trinajstić information content (AvgIpc) is 3.01. The highest BCUT2D eigenvalue weighted by Crippen LogP contribution is 2.22. The number of nitrogens with zero attached hydrogens (tertiary/aromatic N) is 2. The van der Waals surface area contributed by atoms with E-state index in [2.05, 4.69) is 34.6 Å². The topological polar surface area (TPSA) is 62.3 Å². The van der Waals surface area contributed by atoms with E-state index in [-0.39, 0.29) is 17.9 Å². The first kappa shape index (κ1) is 17.2. The summed E-state index contributed by atoms with van der Waals surface area (Å²) in [5.74, 6) is -0.119. The molecule has 4 rings (SSSR count). The third-order valence-electron chi connectivity index (χ3n) is 4.93. The molecule has 1 fully saturated rings. The third-order valence-corrected chi connectivity index (χ3v) is 4.93. The van der Waals surface area contributed by atoms with Gasteiger partial charge in [-0.05, 0) is 34.9 Å². The van der Waals surface area contributed by atoms with Gasteiger partial charge >= 0.3 is 0 Å². The van der Waals surface area contributed by atoms with Gasteiger partial charge in [-0.1, -0.05) is 42.5 Å². The number of fused-ring (bicyclic) bond motifs is 1. The second kappa shape index (κ2) is 7.19. The van der Waals surface area contributed by atoms with E-state index in [1.54, 1.807) is 18.5 Å². The first-order chi connectivity index (χ1) is 13.1. The summed E-state index contributed by atoms with van der Waals surface area (Å²) in [7, 11) is 0. The molecule has 1 aromatic heterocycles. The van der Waals surface area contributed by atoms with Crippen molar-refractivity contribution in [3.05, 3.63) is 77.6 Å². The van der Waals surface area contributed by atoms with Crippen molar-refractivity contribution >= 4 is 22.6 Å². The summed E-state index contributed by atoms with van der Waals surface area (Å²) >= 11 is 0. The molecule has 1 atom stereocenters. The van der Waals surface area contributed by atoms with Crippen LogP contribution in [0.1, 0.15) is 27.9 Å². The van der Waals surface area contributed by atoms with Crippen LogP contribution in [0.15, 0.2) is 60.9 Å². The van der Waals surface area contributed by atoms with Gasteiger partial charge in [0, 0.05) is 31.9 Å². The third kappa shape index (κ3) is 3.67. The van der Waals surface area contributed by atoms with Crippen molar-refractivity contribution in [2.45, 2.75) is 25.9 Å². The molecule has 136 valence electrons. The number of hydrogen-bond donors (Lipinski definition) is 1. The van der Waals surface area contributed by atoms with E-state index >= 15 is 0 Å². The monoisotopic (exact) mass is 359 g/mol. The van der Waals surface area contributed by atoms with Crippen LogP contribution in [0.2, 0.25) is 0 Å². The fourth-order valence-electron chi connectivity index (χ4n) is 3.61. The number of nitrogens with one attached hydrogen (secondary N) is 1. The van der Waals surface area contributed by atoms with Crippen molar-refractivity contribution in [2.24, 2.45) is 0 Å². The molecule has 2 heterocycles. The number of aromatic nitrogens is 1. The summed E-state index contributed by atoms with van der Waals surface area (Å²) in [5, 5.41) is 5.29. The zero-order valence-electron chi connectivity index (χ0n) is 15.2. The van der Waals surface area contributed by atoms with Crippen molar-refractivity contribution in [3.63, 3.8) is 0 Å². The molecule has 1 N–H and O–H groups in total. The number of pyridine rings is 1. The minimum atomic E-state index is -0.184. The van der Waals surface area contributed by atoms with Gasteiger partial charge in [0.1, 0.15) is 0 Å². The van der Waals surface area contributed by atoms with E-state index in [1.807, 2.05) is 30.0 Å². The average molecular weight is 359 g/mol. The molecule has 1 aliphatic heterocycles. The number of rotatable bonds is 4. The van der Waals surface area contributed by atoms with Crippen LogP contribution < -0.4 is 5.32 Å². The maximum Gasteiger partial charge on any atom is 0.253 e. The Bertz CT molecular complexity index is 1010. The van der Waals surface area contributed by atoms with Crippen LogP contribution in [0.4, 0.5) is 0 Å². The van der Waals surface area contributed by atoms with E-state index in [0.29, 0.717) is 25.1 Å². The van der Waals surface area contributed by atoms with Crippen LogP contribution in [-0.4, -0.2) is 34.3 Å². The number of carbonyl (C=O) groups excluding carboxylic acids is 2. The van der Waals surface area contributed by atoms with Crippen molar-refractivity contribution < 1.29 is 9.59 Å². The van der Waals surface area contributed by atoms with E-state index < -0.39 is 0 Å². The highest BCUT2D eigenvalue weighted by Gasteiger charge is 2.31. The van der Waals surface area contributed by atoms with Gasteiger partial charge in [-0.2, -0.15) is 0 Å². The molecule has 5 nitrogen and oxygen atoms in total. The normalized spacial score (nSPS) is 16.7. The summed E-state index contributed by atoms with van der Waals surface area (Å²) in [4.78, 5) is 30.8. The van der Waals surface area contributed by atoms with Crippen LogP contribution in [0.5, 0.6) is 0 Å². The van der Waals surface area contributed by atoms with Crippen molar-refractivity contribution in [1.29, 1.82) is 0 Å². The molecule has 3 aromatic rings. The van der Waals surface area contributed by atoms with Crippen LogP contribution in [0.3, 0.4) is 0 Å². The Kier molecular flexibility index (Phi) is 4.59. The standard InChI is InChI=1S/C22H21N3O2/c1-15-9-18(12-23-11-15)22(27)24-19-10-21(26)25(14-19)13-17-7-4-6-16-5-2-3-8-20(16)17/h2-9,11-12,19H,10,13-14H2,1H3,(H,24,27). The van der Waals surface area contributed by atoms with Crippen LogP contribution >= 0.6 is 0 Å². The lowest BCUT2D eigenvalue weighted by Crippen LogP contribution is -2.37. The molecule has 0 spiro atoms. The van der Waals surface area contributed by atoms with Gasteiger partial charge in [-0.25, -0.2) is 0 Å². The van der Waals surface area contributed by atoms with Gasteiger partial charge in [0.15, 0.2) is 0 Å². The molecule has 1 unspecified atom stereocenters. The summed E-state index contributed by atoms with van der Waals surface area (Å²) in [6.07, 6.45) is 3.59. The number of hydrogen-bond acceptors (Lipinski definition) is 3. The molecule has 2 aromatic carbocycles. The maximum absolute atomic E-state index is 12.5. The van der Waals surface area contributed by atoms with E-state index in [9.17, 15) is 9.59 Å². The highest BCUT2D eigenvalue weighted by molar-refractivity contribution is 5.95. The first-order valence-corrected chi connectivity index (χ1v) is 9.07.